The van der Waals surface area contributed by atoms with Crippen molar-refractivity contribution in [2.45, 2.75) is 6.42 Å². The molecule has 2 aromatic heterocycles. The molecule has 0 radical (unpaired) electrons. The van der Waals surface area contributed by atoms with Crippen LogP contribution in [-0.4, -0.2) is 37.1 Å². The molecular weight excluding hydrogens is 298 g/mol. The molecule has 3 N–H and O–H groups in total. The molecule has 0 aliphatic carbocycles. The number of carbonyl (C=O) groups is 2. The number of carbonyl (C=O) groups excluding carboxylic acids is 2. The first-order valence-corrected chi connectivity index (χ1v) is 7.18. The van der Waals surface area contributed by atoms with Crippen molar-refractivity contribution >= 4 is 17.9 Å². The number of aromatic amines is 1. The van der Waals surface area contributed by atoms with E-state index in [1.807, 2.05) is 0 Å². The molecule has 0 spiro atoms. The number of rotatable bonds is 8. The highest BCUT2D eigenvalue weighted by atomic mass is 16.5. The second-order valence-corrected chi connectivity index (χ2v) is 4.72. The Hall–Kier alpha value is -2.80. The highest BCUT2D eigenvalue weighted by Crippen LogP contribution is 2.06. The topological polar surface area (TPSA) is 96.4 Å². The smallest absolute Gasteiger partial charge is 0.291 e. The van der Waals surface area contributed by atoms with Crippen LogP contribution < -0.4 is 10.6 Å². The molecule has 2 amide bonds. The molecule has 0 atom stereocenters. The lowest BCUT2D eigenvalue weighted by Crippen LogP contribution is -2.35. The third-order valence-electron chi connectivity index (χ3n) is 2.97. The van der Waals surface area contributed by atoms with Gasteiger partial charge in [-0.2, -0.15) is 0 Å². The molecule has 2 rings (SSSR count). The van der Waals surface area contributed by atoms with Gasteiger partial charge in [-0.15, -0.1) is 0 Å². The molecule has 0 aliphatic rings. The maximum Gasteiger partial charge on any atom is 0.291 e. The lowest BCUT2D eigenvalue weighted by atomic mass is 10.3. The van der Waals surface area contributed by atoms with E-state index in [0.717, 1.165) is 0 Å². The maximum atomic E-state index is 12.3. The van der Waals surface area contributed by atoms with E-state index in [2.05, 4.69) is 15.6 Å². The van der Waals surface area contributed by atoms with E-state index in [1.54, 1.807) is 37.6 Å². The summed E-state index contributed by atoms with van der Waals surface area (Å²) < 4.78 is 9.96. The van der Waals surface area contributed by atoms with Crippen LogP contribution in [0.2, 0.25) is 0 Å². The van der Waals surface area contributed by atoms with Gasteiger partial charge in [-0.25, -0.2) is 0 Å². The van der Waals surface area contributed by atoms with Crippen LogP contribution in [0.4, 0.5) is 0 Å². The zero-order valence-corrected chi connectivity index (χ0v) is 12.8. The van der Waals surface area contributed by atoms with Crippen LogP contribution in [0.5, 0.6) is 0 Å². The summed E-state index contributed by atoms with van der Waals surface area (Å²) in [5.41, 5.74) is 0.832. The number of amides is 2. The molecule has 0 aliphatic heterocycles. The van der Waals surface area contributed by atoms with Crippen molar-refractivity contribution in [2.24, 2.45) is 0 Å². The molecule has 122 valence electrons. The Kier molecular flexibility index (Phi) is 6.19. The third kappa shape index (κ3) is 5.15. The minimum absolute atomic E-state index is 0.131. The lowest BCUT2D eigenvalue weighted by Gasteiger charge is -2.10. The van der Waals surface area contributed by atoms with Crippen molar-refractivity contribution in [1.29, 1.82) is 0 Å². The van der Waals surface area contributed by atoms with E-state index in [0.29, 0.717) is 25.3 Å². The van der Waals surface area contributed by atoms with E-state index in [-0.39, 0.29) is 17.4 Å². The Morgan fingerprint density at radius 3 is 2.87 bits per heavy atom. The molecule has 0 saturated carbocycles. The van der Waals surface area contributed by atoms with Gasteiger partial charge < -0.3 is 24.8 Å². The first kappa shape index (κ1) is 16.6. The molecule has 2 heterocycles. The van der Waals surface area contributed by atoms with Gasteiger partial charge >= 0.3 is 0 Å². The van der Waals surface area contributed by atoms with Gasteiger partial charge in [0.2, 0.25) is 0 Å². The average molecular weight is 317 g/mol. The molecule has 0 aromatic carbocycles. The molecule has 0 saturated heterocycles. The first-order chi connectivity index (χ1) is 11.2. The predicted molar refractivity (Wildman–Crippen MR) is 84.4 cm³/mol. The Balaban J connectivity index is 2.06. The molecule has 23 heavy (non-hydrogen) atoms. The second-order valence-electron chi connectivity index (χ2n) is 4.72. The third-order valence-corrected chi connectivity index (χ3v) is 2.97. The van der Waals surface area contributed by atoms with E-state index in [9.17, 15) is 9.59 Å². The van der Waals surface area contributed by atoms with Gasteiger partial charge in [0, 0.05) is 32.2 Å². The molecule has 0 bridgehead atoms. The first-order valence-electron chi connectivity index (χ1n) is 7.18. The summed E-state index contributed by atoms with van der Waals surface area (Å²) in [6.07, 6.45) is 5.37. The van der Waals surface area contributed by atoms with E-state index in [4.69, 9.17) is 9.15 Å². The van der Waals surface area contributed by atoms with Crippen molar-refractivity contribution in [3.63, 3.8) is 0 Å². The van der Waals surface area contributed by atoms with Gasteiger partial charge in [-0.05, 0) is 36.8 Å². The zero-order chi connectivity index (χ0) is 16.5. The fourth-order valence-electron chi connectivity index (χ4n) is 1.85. The summed E-state index contributed by atoms with van der Waals surface area (Å²) in [5, 5.41) is 5.30. The number of methoxy groups -OCH3 is 1. The number of H-pyrrole nitrogens is 1. The Bertz CT molecular complexity index is 645. The fourth-order valence-corrected chi connectivity index (χ4v) is 1.85. The van der Waals surface area contributed by atoms with Crippen molar-refractivity contribution < 1.29 is 18.7 Å². The quantitative estimate of drug-likeness (QED) is 0.508. The highest BCUT2D eigenvalue weighted by molar-refractivity contribution is 6.04. The highest BCUT2D eigenvalue weighted by Gasteiger charge is 2.16. The summed E-state index contributed by atoms with van der Waals surface area (Å²) in [4.78, 5) is 27.3. The summed E-state index contributed by atoms with van der Waals surface area (Å²) in [5.74, 6) is -0.731. The zero-order valence-electron chi connectivity index (χ0n) is 12.8. The van der Waals surface area contributed by atoms with Crippen LogP contribution in [0.1, 0.15) is 22.7 Å². The minimum atomic E-state index is -0.486. The summed E-state index contributed by atoms with van der Waals surface area (Å²) in [6, 6.07) is 6.72. The second kappa shape index (κ2) is 8.60. The largest absolute Gasteiger partial charge is 0.459 e. The maximum absolute atomic E-state index is 12.3. The molecule has 7 nitrogen and oxygen atoms in total. The van der Waals surface area contributed by atoms with Gasteiger partial charge in [0.25, 0.3) is 11.8 Å². The van der Waals surface area contributed by atoms with Crippen molar-refractivity contribution in [1.82, 2.24) is 15.6 Å². The molecule has 0 fully saturated rings. The fraction of sp³-hybridized carbons (Fsp3) is 0.250. The molecule has 7 heteroatoms. The van der Waals surface area contributed by atoms with E-state index >= 15 is 0 Å². The van der Waals surface area contributed by atoms with Gasteiger partial charge in [0.05, 0.1) is 6.26 Å². The van der Waals surface area contributed by atoms with Crippen LogP contribution in [0.3, 0.4) is 0 Å². The Morgan fingerprint density at radius 1 is 1.35 bits per heavy atom. The minimum Gasteiger partial charge on any atom is -0.459 e. The van der Waals surface area contributed by atoms with E-state index in [1.165, 1.54) is 12.3 Å². The SMILES string of the molecule is COCCCNC(=O)/C(=C/c1ccc[nH]1)NC(=O)c1ccco1. The van der Waals surface area contributed by atoms with Gasteiger partial charge in [0.15, 0.2) is 5.76 Å². The molecular formula is C16H19N3O4. The summed E-state index contributed by atoms with van der Waals surface area (Å²) >= 11 is 0. The van der Waals surface area contributed by atoms with Gasteiger partial charge in [-0.1, -0.05) is 0 Å². The van der Waals surface area contributed by atoms with Crippen molar-refractivity contribution in [3.05, 3.63) is 53.9 Å². The molecule has 2 aromatic rings. The molecule has 0 unspecified atom stereocenters. The summed E-state index contributed by atoms with van der Waals surface area (Å²) in [6.45, 7) is 1.00. The van der Waals surface area contributed by atoms with Crippen LogP contribution in [0, 0.1) is 0 Å². The number of furan rings is 1. The van der Waals surface area contributed by atoms with E-state index < -0.39 is 5.91 Å². The van der Waals surface area contributed by atoms with Crippen molar-refractivity contribution in [3.8, 4) is 0 Å². The Morgan fingerprint density at radius 2 is 2.22 bits per heavy atom. The Labute approximate surface area is 133 Å². The normalized spacial score (nSPS) is 11.3. The van der Waals surface area contributed by atoms with Crippen molar-refractivity contribution in [2.75, 3.05) is 20.3 Å². The average Bonchev–Trinajstić information content (AvgIpc) is 3.23. The number of nitrogens with one attached hydrogen (secondary N) is 3. The lowest BCUT2D eigenvalue weighted by molar-refractivity contribution is -0.117. The van der Waals surface area contributed by atoms with Crippen LogP contribution in [0.15, 0.2) is 46.8 Å². The van der Waals surface area contributed by atoms with Gasteiger partial charge in [0.1, 0.15) is 5.70 Å². The van der Waals surface area contributed by atoms with Gasteiger partial charge in [-0.3, -0.25) is 9.59 Å². The summed E-state index contributed by atoms with van der Waals surface area (Å²) in [7, 11) is 1.60. The number of ether oxygens (including phenoxy) is 1. The monoisotopic (exact) mass is 317 g/mol. The predicted octanol–water partition coefficient (Wildman–Crippen LogP) is 1.53. The number of hydrogen-bond donors (Lipinski definition) is 3. The number of aromatic nitrogens is 1. The van der Waals surface area contributed by atoms with Crippen LogP contribution in [-0.2, 0) is 9.53 Å². The van der Waals surface area contributed by atoms with Crippen LogP contribution in [0.25, 0.3) is 6.08 Å². The standard InChI is InChI=1S/C16H19N3O4/c1-22-9-4-8-18-15(20)13(11-12-5-2-7-17-12)19-16(21)14-6-3-10-23-14/h2-3,5-7,10-11,17H,4,8-9H2,1H3,(H,18,20)(H,19,21)/b13-11-. The van der Waals surface area contributed by atoms with Crippen LogP contribution >= 0.6 is 0 Å². The number of hydrogen-bond acceptors (Lipinski definition) is 4.